The number of ketones is 1. The number of rotatable bonds is 13. The zero-order valence-electron chi connectivity index (χ0n) is 20.8. The van der Waals surface area contributed by atoms with Crippen LogP contribution in [0.15, 0.2) is 81.0 Å². The average Bonchev–Trinajstić information content (AvgIpc) is 2.88. The first-order chi connectivity index (χ1) is 17.4. The van der Waals surface area contributed by atoms with E-state index in [9.17, 15) is 9.59 Å². The fourth-order valence-electron chi connectivity index (χ4n) is 3.39. The van der Waals surface area contributed by atoms with Crippen LogP contribution in [0.4, 0.5) is 5.69 Å². The third kappa shape index (κ3) is 8.61. The van der Waals surface area contributed by atoms with Gasteiger partial charge in [0.1, 0.15) is 5.75 Å². The van der Waals surface area contributed by atoms with Crippen LogP contribution in [0, 0.1) is 0 Å². The molecular formula is C28H31BrN2O3S2. The molecule has 0 spiro atoms. The number of carbonyl (C=O) groups is 2. The van der Waals surface area contributed by atoms with Gasteiger partial charge in [0.15, 0.2) is 5.78 Å². The first kappa shape index (κ1) is 28.2. The Kier molecular flexibility index (Phi) is 11.2. The van der Waals surface area contributed by atoms with E-state index in [0.717, 1.165) is 43.6 Å². The number of halogens is 1. The number of carbonyl (C=O) groups excluding carboxylic acids is 2. The number of thioether (sulfide) groups is 1. The highest BCUT2D eigenvalue weighted by Crippen LogP contribution is 2.37. The van der Waals surface area contributed by atoms with E-state index >= 15 is 0 Å². The number of anilines is 1. The molecule has 0 heterocycles. The van der Waals surface area contributed by atoms with Gasteiger partial charge < -0.3 is 15.0 Å². The molecule has 3 aromatic carbocycles. The number of hydrogen-bond acceptors (Lipinski definition) is 6. The Morgan fingerprint density at radius 1 is 1.00 bits per heavy atom. The first-order valence-electron chi connectivity index (χ1n) is 11.6. The van der Waals surface area contributed by atoms with Gasteiger partial charge in [-0.2, -0.15) is 11.8 Å². The lowest BCUT2D eigenvalue weighted by molar-refractivity contribution is -0.117. The molecule has 0 atom stereocenters. The monoisotopic (exact) mass is 586 g/mol. The number of amides is 1. The van der Waals surface area contributed by atoms with Gasteiger partial charge in [-0.05, 0) is 60.2 Å². The number of methoxy groups -OCH3 is 1. The van der Waals surface area contributed by atoms with Crippen LogP contribution in [0.2, 0.25) is 0 Å². The van der Waals surface area contributed by atoms with Crippen molar-refractivity contribution in [3.63, 3.8) is 0 Å². The highest BCUT2D eigenvalue weighted by Gasteiger charge is 2.15. The van der Waals surface area contributed by atoms with Crippen molar-refractivity contribution in [3.05, 3.63) is 82.3 Å². The van der Waals surface area contributed by atoms with Crippen LogP contribution in [-0.4, -0.2) is 50.1 Å². The minimum Gasteiger partial charge on any atom is -0.497 e. The minimum atomic E-state index is -0.0373. The molecule has 190 valence electrons. The molecule has 0 aliphatic carbocycles. The molecule has 3 aromatic rings. The fourth-order valence-corrected chi connectivity index (χ4v) is 5.69. The van der Waals surface area contributed by atoms with Crippen molar-refractivity contribution in [2.75, 3.05) is 38.8 Å². The summed E-state index contributed by atoms with van der Waals surface area (Å²) in [5.41, 5.74) is 2.77. The van der Waals surface area contributed by atoms with E-state index in [-0.39, 0.29) is 18.2 Å². The van der Waals surface area contributed by atoms with Crippen LogP contribution in [0.25, 0.3) is 0 Å². The number of Topliss-reactive ketones (excluding diaryl/α,β-unsaturated/α-hetero) is 1. The topological polar surface area (TPSA) is 58.6 Å². The molecule has 0 unspecified atom stereocenters. The zero-order chi connectivity index (χ0) is 25.9. The van der Waals surface area contributed by atoms with Crippen LogP contribution in [0.1, 0.15) is 28.8 Å². The fraction of sp³-hybridized carbons (Fsp3) is 0.286. The molecule has 0 aliphatic rings. The van der Waals surface area contributed by atoms with Gasteiger partial charge >= 0.3 is 0 Å². The molecule has 0 fully saturated rings. The summed E-state index contributed by atoms with van der Waals surface area (Å²) in [6.45, 7) is 0.269. The third-order valence-electron chi connectivity index (χ3n) is 5.33. The highest BCUT2D eigenvalue weighted by molar-refractivity contribution is 9.10. The molecule has 0 bridgehead atoms. The van der Waals surface area contributed by atoms with Gasteiger partial charge in [0, 0.05) is 46.2 Å². The van der Waals surface area contributed by atoms with Crippen molar-refractivity contribution in [2.45, 2.75) is 28.4 Å². The Morgan fingerprint density at radius 3 is 2.47 bits per heavy atom. The summed E-state index contributed by atoms with van der Waals surface area (Å²) in [6, 6.07) is 21.6. The van der Waals surface area contributed by atoms with E-state index < -0.39 is 0 Å². The summed E-state index contributed by atoms with van der Waals surface area (Å²) in [7, 11) is 5.17. The van der Waals surface area contributed by atoms with Gasteiger partial charge in [0.05, 0.1) is 19.2 Å². The minimum absolute atomic E-state index is 0.0373. The van der Waals surface area contributed by atoms with E-state index in [4.69, 9.17) is 4.74 Å². The predicted octanol–water partition coefficient (Wildman–Crippen LogP) is 7.01. The Labute approximate surface area is 230 Å². The van der Waals surface area contributed by atoms with Crippen molar-refractivity contribution in [3.8, 4) is 5.75 Å². The summed E-state index contributed by atoms with van der Waals surface area (Å²) < 4.78 is 6.12. The summed E-state index contributed by atoms with van der Waals surface area (Å²) in [4.78, 5) is 28.6. The predicted molar refractivity (Wildman–Crippen MR) is 155 cm³/mol. The Hall–Kier alpha value is -2.42. The zero-order valence-corrected chi connectivity index (χ0v) is 24.0. The molecular weight excluding hydrogens is 556 g/mol. The molecule has 3 rings (SSSR count). The molecule has 0 saturated heterocycles. The van der Waals surface area contributed by atoms with E-state index in [1.807, 2.05) is 66.4 Å². The molecule has 1 N–H and O–H groups in total. The van der Waals surface area contributed by atoms with Crippen molar-refractivity contribution < 1.29 is 14.3 Å². The van der Waals surface area contributed by atoms with E-state index in [0.29, 0.717) is 12.0 Å². The number of ether oxygens (including phenoxy) is 1. The second kappa shape index (κ2) is 14.4. The second-order valence-electron chi connectivity index (χ2n) is 8.33. The Balaban J connectivity index is 1.51. The van der Waals surface area contributed by atoms with Gasteiger partial charge in [-0.3, -0.25) is 9.59 Å². The standard InChI is InChI=1S/C28H31BrN2O3S2/c1-31(2)28(33)24-8-4-5-9-26(24)36-27-15-12-21(29)17-25(27)30-18-22(32)7-6-16-35-19-20-10-13-23(34-3)14-11-20/h4-5,8-15,17,30H,6-7,16,18-19H2,1-3H3. The summed E-state index contributed by atoms with van der Waals surface area (Å²) >= 11 is 6.88. The van der Waals surface area contributed by atoms with E-state index in [1.165, 1.54) is 17.3 Å². The van der Waals surface area contributed by atoms with Gasteiger partial charge in [0.25, 0.3) is 5.91 Å². The molecule has 0 saturated carbocycles. The van der Waals surface area contributed by atoms with Crippen LogP contribution in [-0.2, 0) is 10.5 Å². The molecule has 36 heavy (non-hydrogen) atoms. The summed E-state index contributed by atoms with van der Waals surface area (Å²) in [5.74, 6) is 2.86. The lowest BCUT2D eigenvalue weighted by Gasteiger charge is -2.16. The summed E-state index contributed by atoms with van der Waals surface area (Å²) in [5, 5.41) is 3.31. The van der Waals surface area contributed by atoms with Crippen molar-refractivity contribution >= 4 is 56.8 Å². The molecule has 0 radical (unpaired) electrons. The lowest BCUT2D eigenvalue weighted by atomic mass is 10.2. The maximum absolute atomic E-state index is 12.6. The van der Waals surface area contributed by atoms with Gasteiger partial charge in [-0.15, -0.1) is 0 Å². The second-order valence-corrected chi connectivity index (χ2v) is 11.4. The molecule has 0 aliphatic heterocycles. The maximum Gasteiger partial charge on any atom is 0.254 e. The lowest BCUT2D eigenvalue weighted by Crippen LogP contribution is -2.22. The third-order valence-corrected chi connectivity index (χ3v) is 8.09. The number of benzene rings is 3. The molecule has 0 aromatic heterocycles. The largest absolute Gasteiger partial charge is 0.497 e. The maximum atomic E-state index is 12.6. The normalized spacial score (nSPS) is 10.7. The van der Waals surface area contributed by atoms with Crippen LogP contribution < -0.4 is 10.1 Å². The van der Waals surface area contributed by atoms with Crippen LogP contribution in [0.5, 0.6) is 5.75 Å². The molecule has 8 heteroatoms. The molecule has 5 nitrogen and oxygen atoms in total. The SMILES string of the molecule is COc1ccc(CSCCCC(=O)CNc2cc(Br)ccc2Sc2ccccc2C(=O)N(C)C)cc1. The van der Waals surface area contributed by atoms with Crippen molar-refractivity contribution in [2.24, 2.45) is 0 Å². The van der Waals surface area contributed by atoms with Crippen molar-refractivity contribution in [1.82, 2.24) is 4.90 Å². The first-order valence-corrected chi connectivity index (χ1v) is 14.4. The average molecular weight is 588 g/mol. The smallest absolute Gasteiger partial charge is 0.254 e. The van der Waals surface area contributed by atoms with E-state index in [2.05, 4.69) is 33.4 Å². The van der Waals surface area contributed by atoms with Crippen LogP contribution >= 0.6 is 39.5 Å². The quantitative estimate of drug-likeness (QED) is 0.217. The highest BCUT2D eigenvalue weighted by atomic mass is 79.9. The number of nitrogens with zero attached hydrogens (tertiary/aromatic N) is 1. The molecule has 1 amide bonds. The Morgan fingerprint density at radius 2 is 1.75 bits per heavy atom. The van der Waals surface area contributed by atoms with Gasteiger partial charge in [0.2, 0.25) is 0 Å². The number of nitrogens with one attached hydrogen (secondary N) is 1. The van der Waals surface area contributed by atoms with Crippen LogP contribution in [0.3, 0.4) is 0 Å². The van der Waals surface area contributed by atoms with E-state index in [1.54, 1.807) is 26.1 Å². The van der Waals surface area contributed by atoms with Gasteiger partial charge in [-0.1, -0.05) is 52.0 Å². The summed E-state index contributed by atoms with van der Waals surface area (Å²) in [6.07, 6.45) is 1.39. The Bertz CT molecular complexity index is 1170. The van der Waals surface area contributed by atoms with Gasteiger partial charge in [-0.25, -0.2) is 0 Å². The van der Waals surface area contributed by atoms with Crippen molar-refractivity contribution in [1.29, 1.82) is 0 Å². The number of hydrogen-bond donors (Lipinski definition) is 1.